The summed E-state index contributed by atoms with van der Waals surface area (Å²) < 4.78 is 32.9. The van der Waals surface area contributed by atoms with Crippen molar-refractivity contribution in [2.45, 2.75) is 24.5 Å². The van der Waals surface area contributed by atoms with E-state index in [-0.39, 0.29) is 22.6 Å². The Morgan fingerprint density at radius 3 is 2.42 bits per heavy atom. The molecule has 0 spiro atoms. The van der Waals surface area contributed by atoms with Gasteiger partial charge < -0.3 is 10.1 Å². The zero-order valence-electron chi connectivity index (χ0n) is 17.7. The fourth-order valence-electron chi connectivity index (χ4n) is 2.85. The highest BCUT2D eigenvalue weighted by Crippen LogP contribution is 2.16. The number of hydrogen-bond acceptors (Lipinski definition) is 6. The van der Waals surface area contributed by atoms with Crippen molar-refractivity contribution in [3.05, 3.63) is 95.6 Å². The highest BCUT2D eigenvalue weighted by molar-refractivity contribution is 7.89. The number of para-hydroxylation sites is 1. The zero-order valence-corrected chi connectivity index (χ0v) is 18.5. The van der Waals surface area contributed by atoms with Crippen LogP contribution < -0.4 is 10.0 Å². The molecule has 0 aliphatic rings. The van der Waals surface area contributed by atoms with Crippen LogP contribution in [0, 0.1) is 11.3 Å². The first kappa shape index (κ1) is 23.7. The van der Waals surface area contributed by atoms with Crippen LogP contribution in [0.2, 0.25) is 0 Å². The summed E-state index contributed by atoms with van der Waals surface area (Å²) in [6.07, 6.45) is -1.18. The maximum absolute atomic E-state index is 12.6. The maximum Gasteiger partial charge on any atom is 0.338 e. The smallest absolute Gasteiger partial charge is 0.338 e. The molecule has 0 radical (unpaired) electrons. The molecular formula is C24H21N3O5S. The zero-order chi connectivity index (χ0) is 23.8. The average Bonchev–Trinajstić information content (AvgIpc) is 2.83. The molecule has 3 aromatic carbocycles. The van der Waals surface area contributed by atoms with E-state index in [1.54, 1.807) is 48.5 Å². The van der Waals surface area contributed by atoms with Crippen molar-refractivity contribution < 1.29 is 22.7 Å². The van der Waals surface area contributed by atoms with Gasteiger partial charge >= 0.3 is 5.97 Å². The number of amides is 1. The van der Waals surface area contributed by atoms with Gasteiger partial charge in [0.1, 0.15) is 6.07 Å². The van der Waals surface area contributed by atoms with Gasteiger partial charge in [0.05, 0.1) is 21.7 Å². The van der Waals surface area contributed by atoms with Crippen molar-refractivity contribution in [1.29, 1.82) is 5.26 Å². The number of nitrogens with one attached hydrogen (secondary N) is 2. The molecular weight excluding hydrogens is 442 g/mol. The van der Waals surface area contributed by atoms with Gasteiger partial charge in [-0.05, 0) is 42.8 Å². The number of rotatable bonds is 8. The summed E-state index contributed by atoms with van der Waals surface area (Å²) in [5, 5.41) is 11.7. The first-order valence-corrected chi connectivity index (χ1v) is 11.4. The van der Waals surface area contributed by atoms with E-state index in [1.165, 1.54) is 31.2 Å². The molecule has 0 saturated carbocycles. The topological polar surface area (TPSA) is 125 Å². The molecule has 1 atom stereocenters. The Balaban J connectivity index is 1.66. The number of nitriles is 1. The molecule has 3 rings (SSSR count). The van der Waals surface area contributed by atoms with Crippen LogP contribution in [0.3, 0.4) is 0 Å². The molecule has 33 heavy (non-hydrogen) atoms. The normalized spacial score (nSPS) is 11.8. The Hall–Kier alpha value is -4.00. The Bertz CT molecular complexity index is 1300. The van der Waals surface area contributed by atoms with Gasteiger partial charge in [-0.3, -0.25) is 4.79 Å². The molecule has 0 heterocycles. The molecule has 0 aliphatic heterocycles. The minimum atomic E-state index is -3.88. The molecule has 0 saturated heterocycles. The fourth-order valence-corrected chi connectivity index (χ4v) is 3.92. The molecule has 0 aromatic heterocycles. The van der Waals surface area contributed by atoms with Gasteiger partial charge in [-0.2, -0.15) is 5.26 Å². The van der Waals surface area contributed by atoms with Crippen LogP contribution in [0.5, 0.6) is 0 Å². The number of carbonyl (C=O) groups is 2. The molecule has 2 N–H and O–H groups in total. The summed E-state index contributed by atoms with van der Waals surface area (Å²) in [4.78, 5) is 24.8. The summed E-state index contributed by atoms with van der Waals surface area (Å²) in [5.74, 6) is -1.48. The van der Waals surface area contributed by atoms with Crippen LogP contribution in [0.15, 0.2) is 83.8 Å². The Morgan fingerprint density at radius 1 is 1.00 bits per heavy atom. The Labute approximate surface area is 191 Å². The lowest BCUT2D eigenvalue weighted by Crippen LogP contribution is -2.30. The van der Waals surface area contributed by atoms with E-state index in [0.29, 0.717) is 5.69 Å². The number of anilines is 1. The van der Waals surface area contributed by atoms with Crippen LogP contribution in [-0.4, -0.2) is 26.4 Å². The second-order valence-electron chi connectivity index (χ2n) is 7.03. The van der Waals surface area contributed by atoms with E-state index < -0.39 is 28.0 Å². The second kappa shape index (κ2) is 10.5. The fraction of sp³-hybridized carbons (Fsp3) is 0.125. The summed E-state index contributed by atoms with van der Waals surface area (Å²) in [5.41, 5.74) is 1.33. The van der Waals surface area contributed by atoms with Gasteiger partial charge in [-0.25, -0.2) is 17.9 Å². The van der Waals surface area contributed by atoms with Gasteiger partial charge in [0.15, 0.2) is 6.10 Å². The Kier molecular flexibility index (Phi) is 7.56. The molecule has 168 valence electrons. The minimum absolute atomic E-state index is 0.0188. The Morgan fingerprint density at radius 2 is 1.70 bits per heavy atom. The van der Waals surface area contributed by atoms with Crippen LogP contribution in [0.4, 0.5) is 5.69 Å². The SMILES string of the molecule is CC(OC(=O)c1cccc(S(=O)(=O)NCc2ccccc2)c1)C(=O)Nc1ccccc1C#N. The van der Waals surface area contributed by atoms with Crippen molar-refractivity contribution in [3.8, 4) is 6.07 Å². The lowest BCUT2D eigenvalue weighted by molar-refractivity contribution is -0.123. The van der Waals surface area contributed by atoms with Crippen molar-refractivity contribution >= 4 is 27.6 Å². The number of nitrogens with zero attached hydrogens (tertiary/aromatic N) is 1. The molecule has 0 fully saturated rings. The molecule has 1 amide bonds. The second-order valence-corrected chi connectivity index (χ2v) is 8.80. The first-order chi connectivity index (χ1) is 15.8. The number of benzene rings is 3. The van der Waals surface area contributed by atoms with E-state index in [9.17, 15) is 18.0 Å². The number of sulfonamides is 1. The molecule has 8 nitrogen and oxygen atoms in total. The maximum atomic E-state index is 12.6. The lowest BCUT2D eigenvalue weighted by atomic mass is 10.2. The van der Waals surface area contributed by atoms with Crippen molar-refractivity contribution in [1.82, 2.24) is 4.72 Å². The van der Waals surface area contributed by atoms with Crippen LogP contribution in [-0.2, 0) is 26.1 Å². The third kappa shape index (κ3) is 6.26. The van der Waals surface area contributed by atoms with Crippen LogP contribution in [0.1, 0.15) is 28.4 Å². The van der Waals surface area contributed by atoms with E-state index in [0.717, 1.165) is 5.56 Å². The average molecular weight is 464 g/mol. The minimum Gasteiger partial charge on any atom is -0.449 e. The largest absolute Gasteiger partial charge is 0.449 e. The highest BCUT2D eigenvalue weighted by Gasteiger charge is 2.22. The molecule has 9 heteroatoms. The van der Waals surface area contributed by atoms with Crippen molar-refractivity contribution in [2.24, 2.45) is 0 Å². The van der Waals surface area contributed by atoms with Crippen molar-refractivity contribution in [3.63, 3.8) is 0 Å². The van der Waals surface area contributed by atoms with Crippen LogP contribution >= 0.6 is 0 Å². The van der Waals surface area contributed by atoms with E-state index in [2.05, 4.69) is 10.0 Å². The highest BCUT2D eigenvalue weighted by atomic mass is 32.2. The molecule has 0 aliphatic carbocycles. The monoisotopic (exact) mass is 463 g/mol. The van der Waals surface area contributed by atoms with E-state index in [4.69, 9.17) is 10.00 Å². The predicted octanol–water partition coefficient (Wildman–Crippen LogP) is 3.22. The van der Waals surface area contributed by atoms with Crippen LogP contribution in [0.25, 0.3) is 0 Å². The van der Waals surface area contributed by atoms with E-state index >= 15 is 0 Å². The quantitative estimate of drug-likeness (QED) is 0.494. The number of ether oxygens (including phenoxy) is 1. The summed E-state index contributed by atoms with van der Waals surface area (Å²) >= 11 is 0. The summed E-state index contributed by atoms with van der Waals surface area (Å²) in [6.45, 7) is 1.48. The summed E-state index contributed by atoms with van der Waals surface area (Å²) in [7, 11) is -3.88. The standard InChI is InChI=1S/C24H21N3O5S/c1-17(23(28)27-22-13-6-5-10-20(22)15-25)32-24(29)19-11-7-12-21(14-19)33(30,31)26-16-18-8-3-2-4-9-18/h2-14,17,26H,16H2,1H3,(H,27,28). The van der Waals surface area contributed by atoms with Crippen molar-refractivity contribution in [2.75, 3.05) is 5.32 Å². The number of hydrogen-bond donors (Lipinski definition) is 2. The van der Waals surface area contributed by atoms with E-state index in [1.807, 2.05) is 12.1 Å². The van der Waals surface area contributed by atoms with Gasteiger partial charge in [0, 0.05) is 6.54 Å². The first-order valence-electron chi connectivity index (χ1n) is 9.95. The van der Waals surface area contributed by atoms with Gasteiger partial charge in [0.2, 0.25) is 10.0 Å². The molecule has 3 aromatic rings. The van der Waals surface area contributed by atoms with Gasteiger partial charge in [0.25, 0.3) is 5.91 Å². The number of esters is 1. The molecule has 1 unspecified atom stereocenters. The third-order valence-electron chi connectivity index (χ3n) is 4.65. The third-order valence-corrected chi connectivity index (χ3v) is 6.05. The van der Waals surface area contributed by atoms with Gasteiger partial charge in [-0.1, -0.05) is 48.5 Å². The molecule has 0 bridgehead atoms. The predicted molar refractivity (Wildman–Crippen MR) is 122 cm³/mol. The number of carbonyl (C=O) groups excluding carboxylic acids is 2. The van der Waals surface area contributed by atoms with Gasteiger partial charge in [-0.15, -0.1) is 0 Å². The lowest BCUT2D eigenvalue weighted by Gasteiger charge is -2.14. The summed E-state index contributed by atoms with van der Waals surface area (Å²) in [6, 6.07) is 22.8.